The third kappa shape index (κ3) is 4.94. The monoisotopic (exact) mass is 413 g/mol. The number of nitrogens with zero attached hydrogens (tertiary/aromatic N) is 4. The van der Waals surface area contributed by atoms with E-state index in [1.54, 1.807) is 23.5 Å². The Balaban J connectivity index is 1.25. The number of piperazine rings is 1. The number of anilines is 1. The predicted molar refractivity (Wildman–Crippen MR) is 114 cm³/mol. The summed E-state index contributed by atoms with van der Waals surface area (Å²) in [6.45, 7) is 7.61. The zero-order chi connectivity index (χ0) is 20.2. The van der Waals surface area contributed by atoms with Gasteiger partial charge >= 0.3 is 6.03 Å². The van der Waals surface area contributed by atoms with Gasteiger partial charge < -0.3 is 15.1 Å². The first-order valence-electron chi connectivity index (χ1n) is 10.2. The van der Waals surface area contributed by atoms with E-state index >= 15 is 0 Å². The predicted octanol–water partition coefficient (Wildman–Crippen LogP) is 3.04. The molecule has 0 saturated carbocycles. The highest BCUT2D eigenvalue weighted by Crippen LogP contribution is 2.17. The van der Waals surface area contributed by atoms with Crippen LogP contribution in [0.2, 0.25) is 0 Å². The van der Waals surface area contributed by atoms with Gasteiger partial charge in [-0.25, -0.2) is 9.78 Å². The number of benzene rings is 1. The van der Waals surface area contributed by atoms with Crippen molar-refractivity contribution in [3.8, 4) is 0 Å². The maximum Gasteiger partial charge on any atom is 0.321 e. The molecule has 7 nitrogen and oxygen atoms in total. The van der Waals surface area contributed by atoms with Gasteiger partial charge in [-0.2, -0.15) is 0 Å². The highest BCUT2D eigenvalue weighted by atomic mass is 32.1. The lowest BCUT2D eigenvalue weighted by Crippen LogP contribution is -2.49. The standard InChI is InChI=1S/C21H27N5O2S/c1-16-22-19(15-29-16)14-24-10-12-26(13-11-24)21(28)23-18-6-4-17(5-7-18)20(27)25-8-2-3-9-25/h4-7,15H,2-3,8-14H2,1H3,(H,23,28). The molecule has 1 aromatic heterocycles. The first-order valence-corrected chi connectivity index (χ1v) is 11.0. The van der Waals surface area contributed by atoms with Gasteiger partial charge in [0.05, 0.1) is 10.7 Å². The first kappa shape index (κ1) is 19.8. The molecule has 1 aromatic carbocycles. The smallest absolute Gasteiger partial charge is 0.321 e. The van der Waals surface area contributed by atoms with Crippen molar-refractivity contribution in [2.45, 2.75) is 26.3 Å². The number of amides is 3. The molecular weight excluding hydrogens is 386 g/mol. The zero-order valence-corrected chi connectivity index (χ0v) is 17.6. The molecule has 29 heavy (non-hydrogen) atoms. The highest BCUT2D eigenvalue weighted by Gasteiger charge is 2.22. The minimum Gasteiger partial charge on any atom is -0.339 e. The molecule has 1 N–H and O–H groups in total. The van der Waals surface area contributed by atoms with Crippen molar-refractivity contribution < 1.29 is 9.59 Å². The number of rotatable bonds is 4. The number of urea groups is 1. The fourth-order valence-electron chi connectivity index (χ4n) is 3.82. The number of hydrogen-bond donors (Lipinski definition) is 1. The number of aryl methyl sites for hydroxylation is 1. The number of likely N-dealkylation sites (tertiary alicyclic amines) is 1. The SMILES string of the molecule is Cc1nc(CN2CCN(C(=O)Nc3ccc(C(=O)N4CCCC4)cc3)CC2)cs1. The Bertz CT molecular complexity index is 852. The van der Waals surface area contributed by atoms with Crippen molar-refractivity contribution in [2.75, 3.05) is 44.6 Å². The van der Waals surface area contributed by atoms with Crippen LogP contribution in [0.15, 0.2) is 29.6 Å². The van der Waals surface area contributed by atoms with Crippen LogP contribution in [0.4, 0.5) is 10.5 Å². The molecule has 0 unspecified atom stereocenters. The summed E-state index contributed by atoms with van der Waals surface area (Å²) in [5.41, 5.74) is 2.50. The quantitative estimate of drug-likeness (QED) is 0.837. The molecule has 2 aliphatic heterocycles. The Hall–Kier alpha value is -2.45. The van der Waals surface area contributed by atoms with Crippen LogP contribution in [0.5, 0.6) is 0 Å². The lowest BCUT2D eigenvalue weighted by atomic mass is 10.2. The topological polar surface area (TPSA) is 68.8 Å². The average molecular weight is 414 g/mol. The maximum absolute atomic E-state index is 12.6. The molecule has 3 amide bonds. The second kappa shape index (κ2) is 8.92. The minimum atomic E-state index is -0.0900. The largest absolute Gasteiger partial charge is 0.339 e. The van der Waals surface area contributed by atoms with Gasteiger partial charge in [0.1, 0.15) is 0 Å². The summed E-state index contributed by atoms with van der Waals surface area (Å²) in [6, 6.07) is 7.12. The third-order valence-corrected chi connectivity index (χ3v) is 6.31. The van der Waals surface area contributed by atoms with Crippen molar-refractivity contribution in [3.63, 3.8) is 0 Å². The van der Waals surface area contributed by atoms with E-state index < -0.39 is 0 Å². The molecule has 0 bridgehead atoms. The summed E-state index contributed by atoms with van der Waals surface area (Å²) >= 11 is 1.67. The van der Waals surface area contributed by atoms with E-state index in [9.17, 15) is 9.59 Å². The van der Waals surface area contributed by atoms with Crippen molar-refractivity contribution >= 4 is 29.0 Å². The third-order valence-electron chi connectivity index (χ3n) is 5.49. The van der Waals surface area contributed by atoms with Crippen molar-refractivity contribution in [1.29, 1.82) is 0 Å². The van der Waals surface area contributed by atoms with E-state index in [1.807, 2.05) is 28.9 Å². The summed E-state index contributed by atoms with van der Waals surface area (Å²) in [4.78, 5) is 35.6. The average Bonchev–Trinajstić information content (AvgIpc) is 3.41. The molecule has 0 spiro atoms. The molecule has 154 valence electrons. The van der Waals surface area contributed by atoms with E-state index in [2.05, 4.69) is 20.6 Å². The molecule has 2 fully saturated rings. The number of aromatic nitrogens is 1. The van der Waals surface area contributed by atoms with Gasteiger partial charge in [-0.1, -0.05) is 0 Å². The van der Waals surface area contributed by atoms with Crippen LogP contribution in [-0.2, 0) is 6.54 Å². The fourth-order valence-corrected chi connectivity index (χ4v) is 4.42. The summed E-state index contributed by atoms with van der Waals surface area (Å²) in [5, 5.41) is 6.14. The number of thiazole rings is 1. The van der Waals surface area contributed by atoms with Crippen molar-refractivity contribution in [2.24, 2.45) is 0 Å². The van der Waals surface area contributed by atoms with Gasteiger partial charge in [0.15, 0.2) is 0 Å². The van der Waals surface area contributed by atoms with E-state index in [-0.39, 0.29) is 11.9 Å². The normalized spacial score (nSPS) is 17.6. The number of carbonyl (C=O) groups is 2. The molecule has 3 heterocycles. The van der Waals surface area contributed by atoms with Gasteiger partial charge in [-0.05, 0) is 44.0 Å². The second-order valence-electron chi connectivity index (χ2n) is 7.63. The van der Waals surface area contributed by atoms with Gasteiger partial charge in [-0.15, -0.1) is 11.3 Å². The van der Waals surface area contributed by atoms with Crippen LogP contribution in [0, 0.1) is 6.92 Å². The number of carbonyl (C=O) groups excluding carboxylic acids is 2. The molecular formula is C21H27N5O2S. The molecule has 0 aliphatic carbocycles. The Morgan fingerprint density at radius 1 is 1.00 bits per heavy atom. The van der Waals surface area contributed by atoms with Crippen LogP contribution in [0.3, 0.4) is 0 Å². The summed E-state index contributed by atoms with van der Waals surface area (Å²) in [7, 11) is 0. The van der Waals surface area contributed by atoms with Crippen LogP contribution in [0.1, 0.15) is 33.9 Å². The van der Waals surface area contributed by atoms with Crippen LogP contribution in [0.25, 0.3) is 0 Å². The molecule has 0 radical (unpaired) electrons. The molecule has 8 heteroatoms. The molecule has 2 aromatic rings. The minimum absolute atomic E-state index is 0.0757. The van der Waals surface area contributed by atoms with E-state index in [0.29, 0.717) is 24.3 Å². The highest BCUT2D eigenvalue weighted by molar-refractivity contribution is 7.09. The Morgan fingerprint density at radius 2 is 1.69 bits per heavy atom. The van der Waals surface area contributed by atoms with Gasteiger partial charge in [-0.3, -0.25) is 9.69 Å². The van der Waals surface area contributed by atoms with Crippen LogP contribution in [-0.4, -0.2) is 70.9 Å². The fraction of sp³-hybridized carbons (Fsp3) is 0.476. The number of nitrogens with one attached hydrogen (secondary N) is 1. The van der Waals surface area contributed by atoms with E-state index in [4.69, 9.17) is 0 Å². The first-order chi connectivity index (χ1) is 14.1. The lowest BCUT2D eigenvalue weighted by Gasteiger charge is -2.34. The second-order valence-corrected chi connectivity index (χ2v) is 8.69. The van der Waals surface area contributed by atoms with Crippen LogP contribution >= 0.6 is 11.3 Å². The van der Waals surface area contributed by atoms with E-state index in [0.717, 1.165) is 56.3 Å². The van der Waals surface area contributed by atoms with Crippen LogP contribution < -0.4 is 5.32 Å². The Labute approximate surface area is 175 Å². The maximum atomic E-state index is 12.6. The van der Waals surface area contributed by atoms with Crippen molar-refractivity contribution in [3.05, 3.63) is 45.9 Å². The lowest BCUT2D eigenvalue weighted by molar-refractivity contribution is 0.0793. The van der Waals surface area contributed by atoms with Gasteiger partial charge in [0.2, 0.25) is 0 Å². The molecule has 0 atom stereocenters. The Morgan fingerprint density at radius 3 is 2.31 bits per heavy atom. The zero-order valence-electron chi connectivity index (χ0n) is 16.8. The summed E-state index contributed by atoms with van der Waals surface area (Å²) in [6.07, 6.45) is 2.16. The van der Waals surface area contributed by atoms with Gasteiger partial charge in [0, 0.05) is 62.4 Å². The van der Waals surface area contributed by atoms with E-state index in [1.165, 1.54) is 0 Å². The van der Waals surface area contributed by atoms with Gasteiger partial charge in [0.25, 0.3) is 5.91 Å². The molecule has 2 aliphatic rings. The molecule has 4 rings (SSSR count). The summed E-state index contributed by atoms with van der Waals surface area (Å²) < 4.78 is 0. The molecule has 2 saturated heterocycles. The van der Waals surface area contributed by atoms with Crippen molar-refractivity contribution in [1.82, 2.24) is 19.7 Å². The summed E-state index contributed by atoms with van der Waals surface area (Å²) in [5.74, 6) is 0.0757. The number of hydrogen-bond acceptors (Lipinski definition) is 5. The Kier molecular flexibility index (Phi) is 6.10.